The van der Waals surface area contributed by atoms with Gasteiger partial charge >= 0.3 is 0 Å². The molecule has 0 saturated heterocycles. The molecule has 4 bridgehead atoms. The highest BCUT2D eigenvalue weighted by molar-refractivity contribution is 5.79. The largest absolute Gasteiger partial charge is 0.332 e. The van der Waals surface area contributed by atoms with E-state index in [1.807, 2.05) is 38.6 Å². The van der Waals surface area contributed by atoms with E-state index in [0.717, 1.165) is 48.1 Å². The highest BCUT2D eigenvalue weighted by Crippen LogP contribution is 2.58. The first kappa shape index (κ1) is 20.7. The van der Waals surface area contributed by atoms with Crippen molar-refractivity contribution in [1.29, 1.82) is 0 Å². The molecule has 4 fully saturated rings. The van der Waals surface area contributed by atoms with E-state index >= 15 is 0 Å². The van der Waals surface area contributed by atoms with Gasteiger partial charge in [0, 0.05) is 37.4 Å². The van der Waals surface area contributed by atoms with Gasteiger partial charge in [-0.15, -0.1) is 0 Å². The fourth-order valence-corrected chi connectivity index (χ4v) is 6.93. The highest BCUT2D eigenvalue weighted by Gasteiger charge is 2.54. The molecule has 5 nitrogen and oxygen atoms in total. The highest BCUT2D eigenvalue weighted by atomic mass is 19.1. The van der Waals surface area contributed by atoms with Crippen molar-refractivity contribution in [2.45, 2.75) is 57.2 Å². The zero-order chi connectivity index (χ0) is 21.6. The predicted octanol–water partition coefficient (Wildman–Crippen LogP) is 3.99. The second-order valence-electron chi connectivity index (χ2n) is 10.4. The van der Waals surface area contributed by atoms with Crippen molar-refractivity contribution in [2.75, 3.05) is 13.6 Å². The van der Waals surface area contributed by atoms with Crippen molar-refractivity contribution in [3.05, 3.63) is 53.6 Å². The zero-order valence-corrected chi connectivity index (χ0v) is 18.6. The van der Waals surface area contributed by atoms with Crippen LogP contribution in [-0.4, -0.2) is 44.6 Å². The SMILES string of the molecule is CN(CC(=O)N(Cc1ccc(F)cc1)C12CC3CC(CC(C3)C1)C2)Cc1cnn(C)c1. The molecule has 1 aromatic carbocycles. The second-order valence-corrected chi connectivity index (χ2v) is 10.4. The summed E-state index contributed by atoms with van der Waals surface area (Å²) in [4.78, 5) is 18.0. The molecule has 4 saturated carbocycles. The molecule has 31 heavy (non-hydrogen) atoms. The van der Waals surface area contributed by atoms with E-state index in [1.165, 1.54) is 31.4 Å². The van der Waals surface area contributed by atoms with Gasteiger partial charge < -0.3 is 4.90 Å². The minimum atomic E-state index is -0.229. The summed E-state index contributed by atoms with van der Waals surface area (Å²) < 4.78 is 15.3. The molecule has 0 atom stereocenters. The zero-order valence-electron chi connectivity index (χ0n) is 18.6. The molecule has 1 amide bonds. The monoisotopic (exact) mass is 424 g/mol. The fraction of sp³-hybridized carbons (Fsp3) is 0.600. The number of hydrogen-bond acceptors (Lipinski definition) is 3. The lowest BCUT2D eigenvalue weighted by atomic mass is 9.52. The summed E-state index contributed by atoms with van der Waals surface area (Å²) in [5, 5.41) is 4.24. The van der Waals surface area contributed by atoms with Crippen LogP contribution in [0.25, 0.3) is 0 Å². The average Bonchev–Trinajstić information content (AvgIpc) is 3.10. The molecule has 0 radical (unpaired) electrons. The summed E-state index contributed by atoms with van der Waals surface area (Å²) in [5.41, 5.74) is 2.10. The quantitative estimate of drug-likeness (QED) is 0.675. The summed E-state index contributed by atoms with van der Waals surface area (Å²) in [6.45, 7) is 1.66. The average molecular weight is 425 g/mol. The van der Waals surface area contributed by atoms with Crippen LogP contribution in [0.1, 0.15) is 49.7 Å². The number of benzene rings is 1. The molecular formula is C25H33FN4O. The van der Waals surface area contributed by atoms with Gasteiger partial charge in [-0.1, -0.05) is 12.1 Å². The van der Waals surface area contributed by atoms with Gasteiger partial charge in [-0.2, -0.15) is 5.10 Å². The molecule has 4 aliphatic carbocycles. The van der Waals surface area contributed by atoms with Gasteiger partial charge in [0.05, 0.1) is 12.7 Å². The molecule has 6 rings (SSSR count). The van der Waals surface area contributed by atoms with E-state index in [1.54, 1.807) is 4.68 Å². The van der Waals surface area contributed by atoms with Crippen molar-refractivity contribution in [3.8, 4) is 0 Å². The molecule has 4 aliphatic rings. The number of halogens is 1. The summed E-state index contributed by atoms with van der Waals surface area (Å²) in [7, 11) is 3.91. The van der Waals surface area contributed by atoms with Gasteiger partial charge in [-0.25, -0.2) is 4.39 Å². The Bertz CT molecular complexity index is 902. The minimum Gasteiger partial charge on any atom is -0.332 e. The number of hydrogen-bond donors (Lipinski definition) is 0. The van der Waals surface area contributed by atoms with Gasteiger partial charge in [-0.05, 0) is 81.0 Å². The number of likely N-dealkylation sites (N-methyl/N-ethyl adjacent to an activating group) is 1. The first-order chi connectivity index (χ1) is 14.9. The number of amides is 1. The van der Waals surface area contributed by atoms with Crippen LogP contribution >= 0.6 is 0 Å². The summed E-state index contributed by atoms with van der Waals surface area (Å²) >= 11 is 0. The maximum Gasteiger partial charge on any atom is 0.237 e. The number of aryl methyl sites for hydroxylation is 1. The number of nitrogens with zero attached hydrogens (tertiary/aromatic N) is 4. The molecule has 6 heteroatoms. The van der Waals surface area contributed by atoms with Crippen LogP contribution in [0, 0.1) is 23.6 Å². The van der Waals surface area contributed by atoms with Gasteiger partial charge in [0.15, 0.2) is 0 Å². The predicted molar refractivity (Wildman–Crippen MR) is 117 cm³/mol. The van der Waals surface area contributed by atoms with Gasteiger partial charge in [0.2, 0.25) is 5.91 Å². The molecule has 1 heterocycles. The van der Waals surface area contributed by atoms with Crippen molar-refractivity contribution in [3.63, 3.8) is 0 Å². The first-order valence-electron chi connectivity index (χ1n) is 11.6. The van der Waals surface area contributed by atoms with E-state index in [4.69, 9.17) is 0 Å². The molecular weight excluding hydrogens is 391 g/mol. The Morgan fingerprint density at radius 3 is 2.23 bits per heavy atom. The second kappa shape index (κ2) is 8.05. The lowest BCUT2D eigenvalue weighted by Crippen LogP contribution is -2.62. The van der Waals surface area contributed by atoms with E-state index in [9.17, 15) is 9.18 Å². The molecule has 166 valence electrons. The van der Waals surface area contributed by atoms with E-state index in [2.05, 4.69) is 14.9 Å². The number of rotatable bonds is 7. The van der Waals surface area contributed by atoms with Crippen LogP contribution in [0.2, 0.25) is 0 Å². The maximum absolute atomic E-state index is 13.7. The van der Waals surface area contributed by atoms with Gasteiger partial charge in [0.1, 0.15) is 5.82 Å². The van der Waals surface area contributed by atoms with Crippen LogP contribution in [-0.2, 0) is 24.9 Å². The molecule has 1 aromatic heterocycles. The Balaban J connectivity index is 1.37. The lowest BCUT2D eigenvalue weighted by Gasteiger charge is -2.60. The standard InChI is InChI=1S/C25H33FN4O/c1-28(14-22-13-27-29(2)15-22)17-24(31)30(16-18-3-5-23(26)6-4-18)25-10-19-7-20(11-25)9-21(8-19)12-25/h3-6,13,15,19-21H,7-12,14,16-17H2,1-2H3. The third-order valence-corrected chi connectivity index (χ3v) is 7.75. The normalized spacial score (nSPS) is 29.0. The Labute approximate surface area is 184 Å². The molecule has 2 aromatic rings. The van der Waals surface area contributed by atoms with Crippen LogP contribution in [0.4, 0.5) is 4.39 Å². The van der Waals surface area contributed by atoms with Crippen LogP contribution < -0.4 is 0 Å². The third-order valence-electron chi connectivity index (χ3n) is 7.75. The number of carbonyl (C=O) groups excluding carboxylic acids is 1. The van der Waals surface area contributed by atoms with Gasteiger partial charge in [-0.3, -0.25) is 14.4 Å². The van der Waals surface area contributed by atoms with Crippen LogP contribution in [0.5, 0.6) is 0 Å². The number of aromatic nitrogens is 2. The van der Waals surface area contributed by atoms with E-state index < -0.39 is 0 Å². The first-order valence-corrected chi connectivity index (χ1v) is 11.6. The summed E-state index contributed by atoms with van der Waals surface area (Å²) in [6, 6.07) is 6.67. The summed E-state index contributed by atoms with van der Waals surface area (Å²) in [6.07, 6.45) is 11.3. The maximum atomic E-state index is 13.7. The Morgan fingerprint density at radius 2 is 1.68 bits per heavy atom. The topological polar surface area (TPSA) is 41.4 Å². The number of carbonyl (C=O) groups is 1. The lowest BCUT2D eigenvalue weighted by molar-refractivity contribution is -0.153. The van der Waals surface area contributed by atoms with Crippen molar-refractivity contribution >= 4 is 5.91 Å². The van der Waals surface area contributed by atoms with E-state index in [0.29, 0.717) is 19.6 Å². The Hall–Kier alpha value is -2.21. The van der Waals surface area contributed by atoms with Crippen molar-refractivity contribution < 1.29 is 9.18 Å². The van der Waals surface area contributed by atoms with Crippen molar-refractivity contribution in [2.24, 2.45) is 24.8 Å². The van der Waals surface area contributed by atoms with Gasteiger partial charge in [0.25, 0.3) is 0 Å². The van der Waals surface area contributed by atoms with Crippen molar-refractivity contribution in [1.82, 2.24) is 19.6 Å². The molecule has 0 N–H and O–H groups in total. The Kier molecular flexibility index (Phi) is 5.37. The fourth-order valence-electron chi connectivity index (χ4n) is 6.93. The smallest absolute Gasteiger partial charge is 0.237 e. The third kappa shape index (κ3) is 4.27. The van der Waals surface area contributed by atoms with Crippen LogP contribution in [0.3, 0.4) is 0 Å². The van der Waals surface area contributed by atoms with E-state index in [-0.39, 0.29) is 17.3 Å². The van der Waals surface area contributed by atoms with Crippen LogP contribution in [0.15, 0.2) is 36.7 Å². The summed E-state index contributed by atoms with van der Waals surface area (Å²) in [5.74, 6) is 2.26. The minimum absolute atomic E-state index is 0.0185. The molecule has 0 unspecified atom stereocenters. The molecule has 0 spiro atoms. The Morgan fingerprint density at radius 1 is 1.06 bits per heavy atom. The molecule has 0 aliphatic heterocycles.